The normalized spacial score (nSPS) is 11.5. The third-order valence-corrected chi connectivity index (χ3v) is 2.81. The molecule has 108 valence electrons. The highest BCUT2D eigenvalue weighted by molar-refractivity contribution is 6.30. The Bertz CT molecular complexity index is 502. The molecule has 0 aliphatic heterocycles. The van der Waals surface area contributed by atoms with Gasteiger partial charge >= 0.3 is 5.97 Å². The predicted molar refractivity (Wildman–Crippen MR) is 73.6 cm³/mol. The Morgan fingerprint density at radius 3 is 2.35 bits per heavy atom. The standard InChI is InChI=1S/C13H15ClN2O4/c1-2-10(13(19)20)16-11(17)7-15-12(18)8-3-5-9(14)6-4-8/h3-6,10H,2,7H2,1H3,(H,15,18)(H,16,17)(H,19,20). The van der Waals surface area contributed by atoms with E-state index < -0.39 is 23.8 Å². The Balaban J connectivity index is 2.46. The summed E-state index contributed by atoms with van der Waals surface area (Å²) in [5.41, 5.74) is 0.368. The van der Waals surface area contributed by atoms with Gasteiger partial charge in [-0.15, -0.1) is 0 Å². The van der Waals surface area contributed by atoms with E-state index in [1.807, 2.05) is 0 Å². The predicted octanol–water partition coefficient (Wildman–Crippen LogP) is 1.05. The van der Waals surface area contributed by atoms with Crippen LogP contribution in [-0.4, -0.2) is 35.5 Å². The Kier molecular flexibility index (Phi) is 5.99. The van der Waals surface area contributed by atoms with Gasteiger partial charge in [0, 0.05) is 10.6 Å². The van der Waals surface area contributed by atoms with E-state index in [9.17, 15) is 14.4 Å². The maximum Gasteiger partial charge on any atom is 0.326 e. The first-order valence-electron chi connectivity index (χ1n) is 6.00. The fourth-order valence-electron chi connectivity index (χ4n) is 1.45. The highest BCUT2D eigenvalue weighted by atomic mass is 35.5. The number of hydrogen-bond acceptors (Lipinski definition) is 3. The van der Waals surface area contributed by atoms with Crippen molar-refractivity contribution >= 4 is 29.4 Å². The molecular weight excluding hydrogens is 284 g/mol. The second-order valence-corrected chi connectivity index (χ2v) is 4.49. The molecule has 0 aliphatic carbocycles. The van der Waals surface area contributed by atoms with Crippen LogP contribution in [0, 0.1) is 0 Å². The minimum atomic E-state index is -1.11. The van der Waals surface area contributed by atoms with Crippen molar-refractivity contribution in [2.75, 3.05) is 6.54 Å². The lowest BCUT2D eigenvalue weighted by atomic mass is 10.2. The molecule has 1 rings (SSSR count). The lowest BCUT2D eigenvalue weighted by Crippen LogP contribution is -2.45. The SMILES string of the molecule is CCC(NC(=O)CNC(=O)c1ccc(Cl)cc1)C(=O)O. The maximum absolute atomic E-state index is 11.7. The number of aliphatic carboxylic acids is 1. The van der Waals surface area contributed by atoms with Crippen LogP contribution >= 0.6 is 11.6 Å². The van der Waals surface area contributed by atoms with Crippen molar-refractivity contribution in [1.82, 2.24) is 10.6 Å². The number of nitrogens with one attached hydrogen (secondary N) is 2. The summed E-state index contributed by atoms with van der Waals surface area (Å²) in [7, 11) is 0. The van der Waals surface area contributed by atoms with Gasteiger partial charge in [-0.05, 0) is 30.7 Å². The molecule has 0 saturated carbocycles. The van der Waals surface area contributed by atoms with E-state index in [1.54, 1.807) is 19.1 Å². The smallest absolute Gasteiger partial charge is 0.326 e. The number of halogens is 1. The number of carboxylic acids is 1. The van der Waals surface area contributed by atoms with E-state index in [0.717, 1.165) is 0 Å². The summed E-state index contributed by atoms with van der Waals surface area (Å²) in [4.78, 5) is 33.9. The Morgan fingerprint density at radius 1 is 1.25 bits per heavy atom. The van der Waals surface area contributed by atoms with Crippen LogP contribution in [0.25, 0.3) is 0 Å². The number of hydrogen-bond donors (Lipinski definition) is 3. The molecule has 2 amide bonds. The van der Waals surface area contributed by atoms with Crippen LogP contribution in [0.2, 0.25) is 5.02 Å². The molecule has 1 aromatic rings. The molecule has 0 spiro atoms. The number of carbonyl (C=O) groups is 3. The van der Waals surface area contributed by atoms with Gasteiger partial charge in [-0.2, -0.15) is 0 Å². The molecule has 0 radical (unpaired) electrons. The molecule has 0 heterocycles. The molecular formula is C13H15ClN2O4. The van der Waals surface area contributed by atoms with Gasteiger partial charge < -0.3 is 15.7 Å². The molecule has 0 aromatic heterocycles. The molecule has 0 saturated heterocycles. The molecule has 20 heavy (non-hydrogen) atoms. The van der Waals surface area contributed by atoms with Crippen molar-refractivity contribution in [3.63, 3.8) is 0 Å². The number of carboxylic acid groups (broad SMARTS) is 1. The first kappa shape index (κ1) is 16.0. The van der Waals surface area contributed by atoms with Gasteiger partial charge in [-0.3, -0.25) is 9.59 Å². The summed E-state index contributed by atoms with van der Waals surface area (Å²) >= 11 is 5.70. The number of benzene rings is 1. The number of carbonyl (C=O) groups excluding carboxylic acids is 2. The summed E-state index contributed by atoms with van der Waals surface area (Å²) in [6.45, 7) is 1.36. The zero-order valence-corrected chi connectivity index (χ0v) is 11.6. The molecule has 3 N–H and O–H groups in total. The lowest BCUT2D eigenvalue weighted by molar-refractivity contribution is -0.141. The highest BCUT2D eigenvalue weighted by Crippen LogP contribution is 2.09. The summed E-state index contributed by atoms with van der Waals surface area (Å²) in [5, 5.41) is 14.0. The Hall–Kier alpha value is -2.08. The van der Waals surface area contributed by atoms with E-state index in [-0.39, 0.29) is 13.0 Å². The fraction of sp³-hybridized carbons (Fsp3) is 0.308. The van der Waals surface area contributed by atoms with Crippen LogP contribution in [0.4, 0.5) is 0 Å². The summed E-state index contributed by atoms with van der Waals surface area (Å²) in [6, 6.07) is 5.24. The molecule has 0 bridgehead atoms. The summed E-state index contributed by atoms with van der Waals surface area (Å²) in [6.07, 6.45) is 0.270. The summed E-state index contributed by atoms with van der Waals surface area (Å²) in [5.74, 6) is -2.09. The zero-order valence-electron chi connectivity index (χ0n) is 10.9. The van der Waals surface area contributed by atoms with Gasteiger partial charge in [-0.1, -0.05) is 18.5 Å². The Labute approximate surface area is 121 Å². The van der Waals surface area contributed by atoms with Gasteiger partial charge in [0.2, 0.25) is 5.91 Å². The van der Waals surface area contributed by atoms with Gasteiger partial charge in [0.15, 0.2) is 0 Å². The van der Waals surface area contributed by atoms with E-state index >= 15 is 0 Å². The third kappa shape index (κ3) is 4.89. The minimum absolute atomic E-state index is 0.270. The first-order chi connectivity index (χ1) is 9.43. The average Bonchev–Trinajstić information content (AvgIpc) is 2.42. The topological polar surface area (TPSA) is 95.5 Å². The second-order valence-electron chi connectivity index (χ2n) is 4.06. The first-order valence-corrected chi connectivity index (χ1v) is 6.37. The third-order valence-electron chi connectivity index (χ3n) is 2.56. The van der Waals surface area contributed by atoms with Crippen LogP contribution < -0.4 is 10.6 Å². The monoisotopic (exact) mass is 298 g/mol. The van der Waals surface area contributed by atoms with Crippen molar-refractivity contribution in [1.29, 1.82) is 0 Å². The zero-order chi connectivity index (χ0) is 15.1. The van der Waals surface area contributed by atoms with E-state index in [0.29, 0.717) is 10.6 Å². The number of rotatable bonds is 6. The molecule has 6 nitrogen and oxygen atoms in total. The molecule has 1 unspecified atom stereocenters. The molecule has 7 heteroatoms. The van der Waals surface area contributed by atoms with Crippen molar-refractivity contribution in [2.45, 2.75) is 19.4 Å². The van der Waals surface area contributed by atoms with Gasteiger partial charge in [0.25, 0.3) is 5.91 Å². The van der Waals surface area contributed by atoms with E-state index in [2.05, 4.69) is 10.6 Å². The van der Waals surface area contributed by atoms with Crippen LogP contribution in [0.1, 0.15) is 23.7 Å². The van der Waals surface area contributed by atoms with Crippen molar-refractivity contribution in [3.05, 3.63) is 34.9 Å². The summed E-state index contributed by atoms with van der Waals surface area (Å²) < 4.78 is 0. The van der Waals surface area contributed by atoms with Gasteiger partial charge in [-0.25, -0.2) is 4.79 Å². The van der Waals surface area contributed by atoms with Gasteiger partial charge in [0.05, 0.1) is 6.54 Å². The van der Waals surface area contributed by atoms with Crippen molar-refractivity contribution in [2.24, 2.45) is 0 Å². The van der Waals surface area contributed by atoms with Crippen molar-refractivity contribution < 1.29 is 19.5 Å². The lowest BCUT2D eigenvalue weighted by Gasteiger charge is -2.12. The fourth-order valence-corrected chi connectivity index (χ4v) is 1.57. The molecule has 1 atom stereocenters. The largest absolute Gasteiger partial charge is 0.480 e. The van der Waals surface area contributed by atoms with Crippen LogP contribution in [0.5, 0.6) is 0 Å². The highest BCUT2D eigenvalue weighted by Gasteiger charge is 2.17. The van der Waals surface area contributed by atoms with Crippen LogP contribution in [0.15, 0.2) is 24.3 Å². The van der Waals surface area contributed by atoms with E-state index in [4.69, 9.17) is 16.7 Å². The number of amides is 2. The minimum Gasteiger partial charge on any atom is -0.480 e. The second kappa shape index (κ2) is 7.49. The maximum atomic E-state index is 11.7. The average molecular weight is 299 g/mol. The Morgan fingerprint density at radius 2 is 1.85 bits per heavy atom. The van der Waals surface area contributed by atoms with Crippen LogP contribution in [0.3, 0.4) is 0 Å². The van der Waals surface area contributed by atoms with Crippen LogP contribution in [-0.2, 0) is 9.59 Å². The quantitative estimate of drug-likeness (QED) is 0.731. The van der Waals surface area contributed by atoms with Crippen molar-refractivity contribution in [3.8, 4) is 0 Å². The molecule has 1 aromatic carbocycles. The molecule has 0 fully saturated rings. The van der Waals surface area contributed by atoms with E-state index in [1.165, 1.54) is 12.1 Å². The van der Waals surface area contributed by atoms with Gasteiger partial charge in [0.1, 0.15) is 6.04 Å². The molecule has 0 aliphatic rings.